The van der Waals surface area contributed by atoms with Crippen LogP contribution in [0.2, 0.25) is 5.02 Å². The molecule has 0 fully saturated rings. The number of aromatic nitrogens is 1. The van der Waals surface area contributed by atoms with Gasteiger partial charge in [-0.15, -0.1) is 0 Å². The van der Waals surface area contributed by atoms with Crippen molar-refractivity contribution in [1.82, 2.24) is 10.5 Å². The van der Waals surface area contributed by atoms with Gasteiger partial charge in [-0.1, -0.05) is 35.0 Å². The highest BCUT2D eigenvalue weighted by atomic mass is 35.5. The molecule has 146 valence electrons. The quantitative estimate of drug-likeness (QED) is 0.605. The van der Waals surface area contributed by atoms with Gasteiger partial charge in [0, 0.05) is 0 Å². The van der Waals surface area contributed by atoms with E-state index in [0.29, 0.717) is 6.61 Å². The van der Waals surface area contributed by atoms with E-state index in [1.54, 1.807) is 6.92 Å². The van der Waals surface area contributed by atoms with E-state index in [2.05, 4.69) is 10.5 Å². The molecule has 0 bridgehead atoms. The zero-order valence-corrected chi connectivity index (χ0v) is 16.5. The Labute approximate surface area is 167 Å². The summed E-state index contributed by atoms with van der Waals surface area (Å²) in [6.07, 6.45) is 0. The Morgan fingerprint density at radius 2 is 2.07 bits per heavy atom. The second-order valence-corrected chi connectivity index (χ2v) is 6.67. The first-order valence-electron chi connectivity index (χ1n) is 8.86. The van der Waals surface area contributed by atoms with E-state index in [4.69, 9.17) is 20.9 Å². The molecule has 0 radical (unpaired) electrons. The smallest absolute Gasteiger partial charge is 0.257 e. The van der Waals surface area contributed by atoms with Crippen molar-refractivity contribution >= 4 is 17.5 Å². The molecular formula is C21H20ClFN2O3. The number of nitrogens with zero attached hydrogens (tertiary/aromatic N) is 1. The molecule has 5 nitrogen and oxygen atoms in total. The molecule has 28 heavy (non-hydrogen) atoms. The Hall–Kier alpha value is -2.86. The molecule has 0 saturated heterocycles. The first-order chi connectivity index (χ1) is 13.4. The first-order valence-corrected chi connectivity index (χ1v) is 9.24. The zero-order valence-electron chi connectivity index (χ0n) is 15.8. The summed E-state index contributed by atoms with van der Waals surface area (Å²) in [6, 6.07) is 11.4. The fraction of sp³-hybridized carbons (Fsp3) is 0.238. The maximum Gasteiger partial charge on any atom is 0.257 e. The first kappa shape index (κ1) is 19.9. The number of halogens is 2. The predicted octanol–water partition coefficient (Wildman–Crippen LogP) is 5.33. The fourth-order valence-corrected chi connectivity index (χ4v) is 3.18. The molecule has 1 aromatic heterocycles. The number of benzene rings is 2. The number of rotatable bonds is 6. The molecule has 1 unspecified atom stereocenters. The minimum absolute atomic E-state index is 0.0390. The Morgan fingerprint density at radius 1 is 1.32 bits per heavy atom. The van der Waals surface area contributed by atoms with E-state index in [9.17, 15) is 9.18 Å². The summed E-state index contributed by atoms with van der Waals surface area (Å²) >= 11 is 6.13. The minimum Gasteiger partial charge on any atom is -0.494 e. The number of carbonyl (C=O) groups excluding carboxylic acids is 1. The lowest BCUT2D eigenvalue weighted by Crippen LogP contribution is -2.27. The van der Waals surface area contributed by atoms with Gasteiger partial charge in [0.05, 0.1) is 23.2 Å². The lowest BCUT2D eigenvalue weighted by Gasteiger charge is -2.16. The Kier molecular flexibility index (Phi) is 5.99. The number of hydrogen-bond acceptors (Lipinski definition) is 4. The molecule has 0 aliphatic rings. The van der Waals surface area contributed by atoms with Crippen LogP contribution in [0.1, 0.15) is 41.6 Å². The summed E-state index contributed by atoms with van der Waals surface area (Å²) in [4.78, 5) is 12.9. The van der Waals surface area contributed by atoms with Crippen LogP contribution in [0.25, 0.3) is 11.3 Å². The van der Waals surface area contributed by atoms with Crippen molar-refractivity contribution in [3.63, 3.8) is 0 Å². The van der Waals surface area contributed by atoms with E-state index < -0.39 is 11.7 Å². The van der Waals surface area contributed by atoms with E-state index in [1.807, 2.05) is 38.1 Å². The molecule has 0 saturated carbocycles. The zero-order chi connectivity index (χ0) is 20.3. The lowest BCUT2D eigenvalue weighted by atomic mass is 10.0. The summed E-state index contributed by atoms with van der Waals surface area (Å²) in [5.74, 6) is -0.00197. The second kappa shape index (κ2) is 8.44. The summed E-state index contributed by atoms with van der Waals surface area (Å²) in [5.41, 5.74) is 1.14. The maximum absolute atomic E-state index is 14.3. The molecule has 1 atom stereocenters. The molecule has 2 aromatic carbocycles. The number of hydrogen-bond donors (Lipinski definition) is 1. The van der Waals surface area contributed by atoms with Crippen molar-refractivity contribution in [1.29, 1.82) is 0 Å². The Bertz CT molecular complexity index is 983. The average molecular weight is 403 g/mol. The van der Waals surface area contributed by atoms with Crippen molar-refractivity contribution in [2.45, 2.75) is 26.8 Å². The molecule has 1 amide bonds. The third kappa shape index (κ3) is 4.02. The molecule has 0 aliphatic carbocycles. The topological polar surface area (TPSA) is 64.4 Å². The van der Waals surface area contributed by atoms with Gasteiger partial charge in [-0.3, -0.25) is 4.79 Å². The highest BCUT2D eigenvalue weighted by Crippen LogP contribution is 2.33. The van der Waals surface area contributed by atoms with Crippen LogP contribution in [0, 0.1) is 12.7 Å². The van der Waals surface area contributed by atoms with Crippen LogP contribution < -0.4 is 10.1 Å². The largest absolute Gasteiger partial charge is 0.494 e. The molecule has 1 N–H and O–H groups in total. The van der Waals surface area contributed by atoms with Gasteiger partial charge in [0.25, 0.3) is 5.91 Å². The number of ether oxygens (including phenoxy) is 1. The normalized spacial score (nSPS) is 11.9. The van der Waals surface area contributed by atoms with Crippen molar-refractivity contribution in [2.75, 3.05) is 6.61 Å². The van der Waals surface area contributed by atoms with Gasteiger partial charge in [-0.2, -0.15) is 0 Å². The average Bonchev–Trinajstić information content (AvgIpc) is 3.03. The van der Waals surface area contributed by atoms with Gasteiger partial charge in [0.2, 0.25) is 0 Å². The highest BCUT2D eigenvalue weighted by Gasteiger charge is 2.26. The third-order valence-corrected chi connectivity index (χ3v) is 4.62. The van der Waals surface area contributed by atoms with E-state index in [0.717, 1.165) is 11.3 Å². The second-order valence-electron chi connectivity index (χ2n) is 6.26. The van der Waals surface area contributed by atoms with Crippen LogP contribution in [0.15, 0.2) is 47.0 Å². The SMILES string of the molecule is CCOc1cccc(C(C)NC(=O)c2c(-c3c(F)cccc3Cl)noc2C)c1. The van der Waals surface area contributed by atoms with E-state index >= 15 is 0 Å². The van der Waals surface area contributed by atoms with Gasteiger partial charge in [-0.05, 0) is 50.6 Å². The summed E-state index contributed by atoms with van der Waals surface area (Å²) < 4.78 is 25.0. The summed E-state index contributed by atoms with van der Waals surface area (Å²) in [5, 5.41) is 6.92. The standard InChI is InChI=1S/C21H20ClFN2O3/c1-4-27-15-8-5-7-14(11-15)12(2)24-21(26)18-13(3)28-25-20(18)19-16(22)9-6-10-17(19)23/h5-12H,4H2,1-3H3,(H,24,26). The number of amides is 1. The Morgan fingerprint density at radius 3 is 2.79 bits per heavy atom. The molecular weight excluding hydrogens is 383 g/mol. The third-order valence-electron chi connectivity index (χ3n) is 4.31. The molecule has 0 spiro atoms. The summed E-state index contributed by atoms with van der Waals surface area (Å²) in [6.45, 7) is 5.90. The fourth-order valence-electron chi connectivity index (χ4n) is 2.93. The summed E-state index contributed by atoms with van der Waals surface area (Å²) in [7, 11) is 0. The van der Waals surface area contributed by atoms with Crippen LogP contribution in [0.3, 0.4) is 0 Å². The van der Waals surface area contributed by atoms with Crippen molar-refractivity contribution < 1.29 is 18.4 Å². The molecule has 7 heteroatoms. The molecule has 1 heterocycles. The molecule has 3 rings (SSSR count). The monoisotopic (exact) mass is 402 g/mol. The van der Waals surface area contributed by atoms with Crippen molar-refractivity contribution in [3.8, 4) is 17.0 Å². The lowest BCUT2D eigenvalue weighted by molar-refractivity contribution is 0.0939. The van der Waals surface area contributed by atoms with Crippen LogP contribution in [-0.4, -0.2) is 17.7 Å². The number of carbonyl (C=O) groups is 1. The predicted molar refractivity (Wildman–Crippen MR) is 105 cm³/mol. The van der Waals surface area contributed by atoms with E-state index in [-0.39, 0.29) is 33.6 Å². The molecule has 0 aliphatic heterocycles. The Balaban J connectivity index is 1.90. The minimum atomic E-state index is -0.577. The van der Waals surface area contributed by atoms with Gasteiger partial charge >= 0.3 is 0 Å². The van der Waals surface area contributed by atoms with Gasteiger partial charge in [-0.25, -0.2) is 4.39 Å². The van der Waals surface area contributed by atoms with Gasteiger partial charge in [0.1, 0.15) is 28.6 Å². The van der Waals surface area contributed by atoms with Crippen LogP contribution in [0.5, 0.6) is 5.75 Å². The van der Waals surface area contributed by atoms with Crippen molar-refractivity contribution in [3.05, 3.63) is 70.2 Å². The maximum atomic E-state index is 14.3. The number of aryl methyl sites for hydroxylation is 1. The van der Waals surface area contributed by atoms with Crippen LogP contribution in [-0.2, 0) is 0 Å². The molecule has 3 aromatic rings. The van der Waals surface area contributed by atoms with Gasteiger partial charge in [0.15, 0.2) is 0 Å². The van der Waals surface area contributed by atoms with Crippen LogP contribution in [0.4, 0.5) is 4.39 Å². The number of nitrogens with one attached hydrogen (secondary N) is 1. The van der Waals surface area contributed by atoms with Crippen molar-refractivity contribution in [2.24, 2.45) is 0 Å². The van der Waals surface area contributed by atoms with E-state index in [1.165, 1.54) is 18.2 Å². The van der Waals surface area contributed by atoms with Crippen LogP contribution >= 0.6 is 11.6 Å². The highest BCUT2D eigenvalue weighted by molar-refractivity contribution is 6.33. The van der Waals surface area contributed by atoms with Gasteiger partial charge < -0.3 is 14.6 Å².